The van der Waals surface area contributed by atoms with Crippen LogP contribution < -0.4 is 0 Å². The molecule has 0 saturated heterocycles. The molecule has 0 radical (unpaired) electrons. The van der Waals surface area contributed by atoms with Gasteiger partial charge in [0.25, 0.3) is 0 Å². The summed E-state index contributed by atoms with van der Waals surface area (Å²) in [6, 6.07) is 1.45. The van der Waals surface area contributed by atoms with Crippen LogP contribution in [-0.2, 0) is 4.79 Å². The lowest BCUT2D eigenvalue weighted by molar-refractivity contribution is -0.128. The van der Waals surface area contributed by atoms with Gasteiger partial charge in [0, 0.05) is 0 Å². The minimum Gasteiger partial charge on any atom is -0.369 e. The zero-order valence-corrected chi connectivity index (χ0v) is 4.80. The lowest BCUT2D eigenvalue weighted by atomic mass is 10.1. The fourth-order valence-corrected chi connectivity index (χ4v) is 0.0787. The number of hydrogen-bond acceptors (Lipinski definition) is 3. The van der Waals surface area contributed by atoms with Gasteiger partial charge in [-0.2, -0.15) is 5.26 Å². The maximum atomic E-state index is 10.2. The number of carbonyl (C=O) groups is 1. The first kappa shape index (κ1) is 7.12. The summed E-state index contributed by atoms with van der Waals surface area (Å²) < 4.78 is 0. The van der Waals surface area contributed by atoms with Crippen molar-refractivity contribution in [2.45, 2.75) is 19.4 Å². The van der Waals surface area contributed by atoms with Crippen molar-refractivity contribution in [2.24, 2.45) is 0 Å². The fraction of sp³-hybridized carbons (Fsp3) is 0.600. The molecule has 0 aromatic heterocycles. The normalized spacial score (nSPS) is 16.2. The van der Waals surface area contributed by atoms with Crippen LogP contribution >= 0.6 is 0 Å². The van der Waals surface area contributed by atoms with Gasteiger partial charge in [0.2, 0.25) is 5.60 Å². The molecule has 0 rings (SSSR count). The number of aliphatic hydroxyl groups is 1. The third-order valence-electron chi connectivity index (χ3n) is 0.903. The fourth-order valence-electron chi connectivity index (χ4n) is 0.0787. The van der Waals surface area contributed by atoms with Gasteiger partial charge in [0.15, 0.2) is 5.78 Å². The molecule has 0 aliphatic rings. The van der Waals surface area contributed by atoms with Crippen molar-refractivity contribution in [3.8, 4) is 6.07 Å². The summed E-state index contributed by atoms with van der Waals surface area (Å²) >= 11 is 0. The van der Waals surface area contributed by atoms with Crippen molar-refractivity contribution in [1.82, 2.24) is 0 Å². The van der Waals surface area contributed by atoms with Crippen LogP contribution in [0.5, 0.6) is 0 Å². The van der Waals surface area contributed by atoms with Crippen LogP contribution in [0, 0.1) is 11.3 Å². The van der Waals surface area contributed by atoms with Crippen LogP contribution in [0.3, 0.4) is 0 Å². The number of rotatable bonds is 1. The molecule has 3 heteroatoms. The van der Waals surface area contributed by atoms with Crippen molar-refractivity contribution in [3.63, 3.8) is 0 Å². The Bertz CT molecular complexity index is 143. The Morgan fingerprint density at radius 2 is 2.25 bits per heavy atom. The largest absolute Gasteiger partial charge is 0.369 e. The second-order valence-electron chi connectivity index (χ2n) is 1.74. The maximum Gasteiger partial charge on any atom is 0.206 e. The maximum absolute atomic E-state index is 10.2. The molecule has 0 bridgehead atoms. The zero-order valence-electron chi connectivity index (χ0n) is 4.80. The van der Waals surface area contributed by atoms with Gasteiger partial charge in [-0.1, -0.05) is 0 Å². The SMILES string of the molecule is CC(=O)C(C)(O)C#N. The van der Waals surface area contributed by atoms with Gasteiger partial charge in [-0.05, 0) is 13.8 Å². The Kier molecular flexibility index (Phi) is 1.72. The van der Waals surface area contributed by atoms with Gasteiger partial charge in [-0.25, -0.2) is 0 Å². The molecule has 1 atom stereocenters. The highest BCUT2D eigenvalue weighted by atomic mass is 16.3. The van der Waals surface area contributed by atoms with E-state index in [9.17, 15) is 4.79 Å². The van der Waals surface area contributed by atoms with E-state index in [0.29, 0.717) is 0 Å². The van der Waals surface area contributed by atoms with Crippen LogP contribution in [0.2, 0.25) is 0 Å². The average Bonchev–Trinajstić information content (AvgIpc) is 1.67. The minimum absolute atomic E-state index is 0.528. The molecule has 0 fully saturated rings. The zero-order chi connectivity index (χ0) is 6.78. The van der Waals surface area contributed by atoms with Crippen LogP contribution in [0.4, 0.5) is 0 Å². The molecule has 0 aromatic rings. The highest BCUT2D eigenvalue weighted by Crippen LogP contribution is 2.00. The van der Waals surface area contributed by atoms with E-state index >= 15 is 0 Å². The Morgan fingerprint density at radius 3 is 2.25 bits per heavy atom. The number of Topliss-reactive ketones (excluding diaryl/α,β-unsaturated/α-hetero) is 1. The van der Waals surface area contributed by atoms with Crippen molar-refractivity contribution in [3.05, 3.63) is 0 Å². The summed E-state index contributed by atoms with van der Waals surface area (Å²) in [6.45, 7) is 2.33. The number of hydrogen-bond donors (Lipinski definition) is 1. The van der Waals surface area contributed by atoms with E-state index in [0.717, 1.165) is 6.92 Å². The lowest BCUT2D eigenvalue weighted by Gasteiger charge is -2.06. The minimum atomic E-state index is -1.79. The third-order valence-corrected chi connectivity index (χ3v) is 0.903. The van der Waals surface area contributed by atoms with E-state index in [1.807, 2.05) is 0 Å². The second kappa shape index (κ2) is 1.93. The Labute approximate surface area is 47.5 Å². The molecule has 3 nitrogen and oxygen atoms in total. The van der Waals surface area contributed by atoms with Crippen LogP contribution in [0.1, 0.15) is 13.8 Å². The van der Waals surface area contributed by atoms with E-state index in [2.05, 4.69) is 0 Å². The van der Waals surface area contributed by atoms with Gasteiger partial charge >= 0.3 is 0 Å². The predicted octanol–water partition coefficient (Wildman–Crippen LogP) is -0.150. The Morgan fingerprint density at radius 1 is 1.88 bits per heavy atom. The quantitative estimate of drug-likeness (QED) is 0.481. The highest BCUT2D eigenvalue weighted by molar-refractivity contribution is 5.87. The van der Waals surface area contributed by atoms with E-state index < -0.39 is 11.4 Å². The van der Waals surface area contributed by atoms with Crippen molar-refractivity contribution < 1.29 is 9.90 Å². The first-order valence-electron chi connectivity index (χ1n) is 2.15. The highest BCUT2D eigenvalue weighted by Gasteiger charge is 2.24. The molecule has 0 amide bonds. The third kappa shape index (κ3) is 1.32. The number of nitriles is 1. The summed E-state index contributed by atoms with van der Waals surface area (Å²) in [5, 5.41) is 16.7. The van der Waals surface area contributed by atoms with Crippen LogP contribution in [-0.4, -0.2) is 16.5 Å². The standard InChI is InChI=1S/C5H7NO2/c1-4(7)5(2,8)3-6/h8H,1-2H3. The summed E-state index contributed by atoms with van der Waals surface area (Å²) in [6.07, 6.45) is 0. The first-order chi connectivity index (χ1) is 3.50. The summed E-state index contributed by atoms with van der Waals surface area (Å²) in [5.74, 6) is -0.528. The monoisotopic (exact) mass is 113 g/mol. The van der Waals surface area contributed by atoms with Gasteiger partial charge < -0.3 is 5.11 Å². The Balaban J connectivity index is 4.19. The van der Waals surface area contributed by atoms with Gasteiger partial charge in [-0.3, -0.25) is 4.79 Å². The van der Waals surface area contributed by atoms with Gasteiger partial charge in [-0.15, -0.1) is 0 Å². The molecule has 0 saturated carbocycles. The Hall–Kier alpha value is -0.880. The number of carbonyl (C=O) groups excluding carboxylic acids is 1. The second-order valence-corrected chi connectivity index (χ2v) is 1.74. The van der Waals surface area contributed by atoms with Crippen molar-refractivity contribution in [1.29, 1.82) is 5.26 Å². The topological polar surface area (TPSA) is 61.1 Å². The van der Waals surface area contributed by atoms with Gasteiger partial charge in [0.05, 0.1) is 0 Å². The molecular formula is C5H7NO2. The molecule has 0 aliphatic heterocycles. The molecule has 0 spiro atoms. The molecule has 1 unspecified atom stereocenters. The van der Waals surface area contributed by atoms with Crippen LogP contribution in [0.25, 0.3) is 0 Å². The summed E-state index contributed by atoms with van der Waals surface area (Å²) in [5.41, 5.74) is -1.79. The van der Waals surface area contributed by atoms with E-state index in [4.69, 9.17) is 10.4 Å². The van der Waals surface area contributed by atoms with Crippen molar-refractivity contribution >= 4 is 5.78 Å². The van der Waals surface area contributed by atoms with Crippen LogP contribution in [0.15, 0.2) is 0 Å². The summed E-state index contributed by atoms with van der Waals surface area (Å²) in [4.78, 5) is 10.2. The molecule has 0 heterocycles. The molecule has 44 valence electrons. The predicted molar refractivity (Wildman–Crippen MR) is 26.9 cm³/mol. The molecule has 0 aromatic carbocycles. The molecule has 8 heavy (non-hydrogen) atoms. The number of ketones is 1. The van der Waals surface area contributed by atoms with Crippen molar-refractivity contribution in [2.75, 3.05) is 0 Å². The summed E-state index contributed by atoms with van der Waals surface area (Å²) in [7, 11) is 0. The van der Waals surface area contributed by atoms with E-state index in [-0.39, 0.29) is 0 Å². The smallest absolute Gasteiger partial charge is 0.206 e. The molecule has 1 N–H and O–H groups in total. The van der Waals surface area contributed by atoms with E-state index in [1.165, 1.54) is 13.0 Å². The lowest BCUT2D eigenvalue weighted by Crippen LogP contribution is -2.30. The number of nitrogens with zero attached hydrogens (tertiary/aromatic N) is 1. The average molecular weight is 113 g/mol. The molecule has 0 aliphatic carbocycles. The van der Waals surface area contributed by atoms with Gasteiger partial charge in [0.1, 0.15) is 6.07 Å². The first-order valence-corrected chi connectivity index (χ1v) is 2.15. The van der Waals surface area contributed by atoms with E-state index in [1.54, 1.807) is 0 Å². The molecular weight excluding hydrogens is 106 g/mol.